The third-order valence-corrected chi connectivity index (χ3v) is 2.24. The zero-order valence-electron chi connectivity index (χ0n) is 7.66. The molecule has 1 atom stereocenters. The number of rotatable bonds is 4. The first-order valence-electron chi connectivity index (χ1n) is 4.08. The lowest BCUT2D eigenvalue weighted by atomic mass is 10.1. The van der Waals surface area contributed by atoms with Gasteiger partial charge in [0.2, 0.25) is 0 Å². The van der Waals surface area contributed by atoms with Crippen LogP contribution in [0.4, 0.5) is 0 Å². The average molecular weight is 267 g/mol. The number of halogens is 1. The summed E-state index contributed by atoms with van der Waals surface area (Å²) in [5, 5.41) is 6.97. The lowest BCUT2D eigenvalue weighted by molar-refractivity contribution is 0.726. The summed E-state index contributed by atoms with van der Waals surface area (Å²) in [6.45, 7) is 0.122. The molecule has 76 valence electrons. The molecule has 1 rings (SSSR count). The molecule has 0 amide bonds. The normalized spacial score (nSPS) is 11.0. The standard InChI is InChI=1S/C8H7BrN6/c9-7-3-1-2-6(4-7)8(13-15-11)5-12-14-10/h1-4,8H,5H2. The molecule has 7 heteroatoms. The lowest BCUT2D eigenvalue weighted by Gasteiger charge is -2.07. The Bertz CT molecular complexity index is 433. The Morgan fingerprint density at radius 3 is 2.73 bits per heavy atom. The molecule has 1 aromatic rings. The van der Waals surface area contributed by atoms with Crippen LogP contribution in [0.1, 0.15) is 11.6 Å². The lowest BCUT2D eigenvalue weighted by Crippen LogP contribution is -1.97. The number of hydrogen-bond donors (Lipinski definition) is 0. The van der Waals surface area contributed by atoms with Crippen LogP contribution in [0.2, 0.25) is 0 Å². The van der Waals surface area contributed by atoms with Crippen molar-refractivity contribution >= 4 is 15.9 Å². The van der Waals surface area contributed by atoms with Crippen molar-refractivity contribution in [2.45, 2.75) is 6.04 Å². The predicted octanol–water partition coefficient (Wildman–Crippen LogP) is 4.11. The maximum absolute atomic E-state index is 8.38. The van der Waals surface area contributed by atoms with Gasteiger partial charge in [0.15, 0.2) is 0 Å². The van der Waals surface area contributed by atoms with Gasteiger partial charge in [0.25, 0.3) is 0 Å². The SMILES string of the molecule is [N-]=[N+]=NCC(N=[N+]=[N-])c1cccc(Br)c1. The summed E-state index contributed by atoms with van der Waals surface area (Å²) < 4.78 is 0.888. The van der Waals surface area contributed by atoms with Crippen molar-refractivity contribution < 1.29 is 0 Å². The smallest absolute Gasteiger partial charge is 0.0681 e. The molecular formula is C8H7BrN6. The average Bonchev–Trinajstić information content (AvgIpc) is 2.24. The van der Waals surface area contributed by atoms with Crippen molar-refractivity contribution in [3.8, 4) is 0 Å². The maximum atomic E-state index is 8.38. The molecule has 0 bridgehead atoms. The summed E-state index contributed by atoms with van der Waals surface area (Å²) >= 11 is 3.31. The fourth-order valence-corrected chi connectivity index (χ4v) is 1.52. The molecule has 0 saturated heterocycles. The Morgan fingerprint density at radius 2 is 2.13 bits per heavy atom. The van der Waals surface area contributed by atoms with Crippen LogP contribution in [0.3, 0.4) is 0 Å². The van der Waals surface area contributed by atoms with Crippen molar-refractivity contribution in [1.82, 2.24) is 0 Å². The Kier molecular flexibility index (Phi) is 4.50. The molecule has 0 saturated carbocycles. The highest BCUT2D eigenvalue weighted by Gasteiger charge is 2.08. The molecule has 0 fully saturated rings. The monoisotopic (exact) mass is 266 g/mol. The number of benzene rings is 1. The highest BCUT2D eigenvalue weighted by Crippen LogP contribution is 2.21. The Morgan fingerprint density at radius 1 is 1.33 bits per heavy atom. The summed E-state index contributed by atoms with van der Waals surface area (Å²) in [6.07, 6.45) is 0. The van der Waals surface area contributed by atoms with E-state index >= 15 is 0 Å². The molecule has 0 radical (unpaired) electrons. The third kappa shape index (κ3) is 3.52. The topological polar surface area (TPSA) is 97.5 Å². The van der Waals surface area contributed by atoms with Crippen molar-refractivity contribution in [3.05, 3.63) is 55.2 Å². The van der Waals surface area contributed by atoms with Crippen LogP contribution in [0.25, 0.3) is 20.9 Å². The van der Waals surface area contributed by atoms with Crippen molar-refractivity contribution in [2.24, 2.45) is 10.2 Å². The molecule has 0 aromatic heterocycles. The molecule has 0 aliphatic rings. The van der Waals surface area contributed by atoms with Crippen LogP contribution in [0.15, 0.2) is 39.0 Å². The molecule has 0 aliphatic carbocycles. The summed E-state index contributed by atoms with van der Waals surface area (Å²) in [5.41, 5.74) is 17.4. The second-order valence-electron chi connectivity index (χ2n) is 2.69. The number of hydrogen-bond acceptors (Lipinski definition) is 2. The van der Waals surface area contributed by atoms with Gasteiger partial charge in [0.05, 0.1) is 6.04 Å². The van der Waals surface area contributed by atoms with E-state index in [2.05, 4.69) is 36.0 Å². The first-order chi connectivity index (χ1) is 7.27. The van der Waals surface area contributed by atoms with Gasteiger partial charge in [-0.3, -0.25) is 0 Å². The molecule has 0 aliphatic heterocycles. The van der Waals surface area contributed by atoms with E-state index in [9.17, 15) is 0 Å². The van der Waals surface area contributed by atoms with Crippen molar-refractivity contribution in [2.75, 3.05) is 6.54 Å². The van der Waals surface area contributed by atoms with Crippen molar-refractivity contribution in [1.29, 1.82) is 0 Å². The molecule has 0 spiro atoms. The van der Waals surface area contributed by atoms with Crippen LogP contribution < -0.4 is 0 Å². The van der Waals surface area contributed by atoms with Gasteiger partial charge in [0.1, 0.15) is 0 Å². The van der Waals surface area contributed by atoms with Crippen LogP contribution in [0, 0.1) is 0 Å². The van der Waals surface area contributed by atoms with Crippen LogP contribution in [0.5, 0.6) is 0 Å². The number of nitrogens with zero attached hydrogens (tertiary/aromatic N) is 6. The molecule has 6 nitrogen and oxygen atoms in total. The van der Waals surface area contributed by atoms with Gasteiger partial charge >= 0.3 is 0 Å². The molecule has 0 heterocycles. The Labute approximate surface area is 94.3 Å². The quantitative estimate of drug-likeness (QED) is 0.445. The van der Waals surface area contributed by atoms with E-state index in [1.54, 1.807) is 0 Å². The van der Waals surface area contributed by atoms with Gasteiger partial charge < -0.3 is 0 Å². The van der Waals surface area contributed by atoms with Gasteiger partial charge in [-0.15, -0.1) is 0 Å². The van der Waals surface area contributed by atoms with E-state index in [-0.39, 0.29) is 6.54 Å². The third-order valence-electron chi connectivity index (χ3n) is 1.74. The van der Waals surface area contributed by atoms with Gasteiger partial charge in [-0.25, -0.2) is 0 Å². The second kappa shape index (κ2) is 5.93. The molecular weight excluding hydrogens is 260 g/mol. The minimum Gasteiger partial charge on any atom is -0.0932 e. The minimum absolute atomic E-state index is 0.122. The summed E-state index contributed by atoms with van der Waals surface area (Å²) in [6, 6.07) is 6.88. The van der Waals surface area contributed by atoms with E-state index < -0.39 is 6.04 Å². The highest BCUT2D eigenvalue weighted by atomic mass is 79.9. The van der Waals surface area contributed by atoms with E-state index in [0.29, 0.717) is 0 Å². The summed E-state index contributed by atoms with van der Waals surface area (Å²) in [5.74, 6) is 0. The Hall–Kier alpha value is -1.68. The molecule has 0 N–H and O–H groups in total. The van der Waals surface area contributed by atoms with Crippen LogP contribution in [-0.4, -0.2) is 6.54 Å². The zero-order chi connectivity index (χ0) is 11.1. The van der Waals surface area contributed by atoms with Gasteiger partial charge in [0, 0.05) is 20.8 Å². The van der Waals surface area contributed by atoms with E-state index in [1.807, 2.05) is 24.3 Å². The van der Waals surface area contributed by atoms with Gasteiger partial charge in [-0.1, -0.05) is 38.3 Å². The maximum Gasteiger partial charge on any atom is 0.0681 e. The molecule has 1 aromatic carbocycles. The molecule has 15 heavy (non-hydrogen) atoms. The van der Waals surface area contributed by atoms with Gasteiger partial charge in [-0.05, 0) is 28.8 Å². The first kappa shape index (κ1) is 11.4. The molecule has 1 unspecified atom stereocenters. The fraction of sp³-hybridized carbons (Fsp3) is 0.250. The predicted molar refractivity (Wildman–Crippen MR) is 60.0 cm³/mol. The summed E-state index contributed by atoms with van der Waals surface area (Å²) in [7, 11) is 0. The fourth-order valence-electron chi connectivity index (χ4n) is 1.10. The van der Waals surface area contributed by atoms with Crippen LogP contribution >= 0.6 is 15.9 Å². The largest absolute Gasteiger partial charge is 0.0932 e. The second-order valence-corrected chi connectivity index (χ2v) is 3.60. The van der Waals surface area contributed by atoms with Crippen LogP contribution in [-0.2, 0) is 0 Å². The van der Waals surface area contributed by atoms with E-state index in [4.69, 9.17) is 11.1 Å². The summed E-state index contributed by atoms with van der Waals surface area (Å²) in [4.78, 5) is 5.36. The van der Waals surface area contributed by atoms with E-state index in [1.165, 1.54) is 0 Å². The first-order valence-corrected chi connectivity index (χ1v) is 4.87. The minimum atomic E-state index is -0.455. The highest BCUT2D eigenvalue weighted by molar-refractivity contribution is 9.10. The van der Waals surface area contributed by atoms with Crippen molar-refractivity contribution in [3.63, 3.8) is 0 Å². The zero-order valence-corrected chi connectivity index (χ0v) is 9.24. The number of azide groups is 2. The van der Waals surface area contributed by atoms with E-state index in [0.717, 1.165) is 10.0 Å². The Balaban J connectivity index is 2.97. The van der Waals surface area contributed by atoms with Gasteiger partial charge in [-0.2, -0.15) is 0 Å².